The van der Waals surface area contributed by atoms with E-state index in [2.05, 4.69) is 26.4 Å². The molecule has 0 spiro atoms. The molecular formula is C14H12BrFN2O2. The van der Waals surface area contributed by atoms with Crippen LogP contribution in [0.2, 0.25) is 0 Å². The summed E-state index contributed by atoms with van der Waals surface area (Å²) >= 11 is 3.27. The zero-order valence-electron chi connectivity index (χ0n) is 10.5. The summed E-state index contributed by atoms with van der Waals surface area (Å²) < 4.78 is 19.4. The van der Waals surface area contributed by atoms with E-state index in [0.717, 1.165) is 23.1 Å². The van der Waals surface area contributed by atoms with Crippen LogP contribution in [0.3, 0.4) is 0 Å². The molecule has 104 valence electrons. The largest absolute Gasteiger partial charge is 0.360 e. The third-order valence-electron chi connectivity index (χ3n) is 3.19. The van der Waals surface area contributed by atoms with Crippen LogP contribution in [0.15, 0.2) is 33.3 Å². The normalized spacial score (nSPS) is 14.3. The molecule has 6 heteroatoms. The molecule has 0 radical (unpaired) electrons. The van der Waals surface area contributed by atoms with Crippen LogP contribution in [0.1, 0.15) is 40.6 Å². The van der Waals surface area contributed by atoms with Crippen LogP contribution in [-0.2, 0) is 6.54 Å². The van der Waals surface area contributed by atoms with E-state index < -0.39 is 0 Å². The third-order valence-corrected chi connectivity index (χ3v) is 3.68. The van der Waals surface area contributed by atoms with Crippen molar-refractivity contribution in [3.63, 3.8) is 0 Å². The van der Waals surface area contributed by atoms with Crippen molar-refractivity contribution in [3.8, 4) is 0 Å². The lowest BCUT2D eigenvalue weighted by atomic mass is 10.2. The number of hydrogen-bond acceptors (Lipinski definition) is 3. The molecule has 0 atom stereocenters. The fourth-order valence-corrected chi connectivity index (χ4v) is 2.31. The molecule has 0 bridgehead atoms. The van der Waals surface area contributed by atoms with E-state index in [4.69, 9.17) is 4.52 Å². The molecule has 1 aromatic heterocycles. The molecule has 20 heavy (non-hydrogen) atoms. The molecule has 1 aromatic carbocycles. The van der Waals surface area contributed by atoms with Crippen LogP contribution in [-0.4, -0.2) is 11.1 Å². The maximum Gasteiger partial charge on any atom is 0.273 e. The van der Waals surface area contributed by atoms with E-state index in [0.29, 0.717) is 11.5 Å². The molecule has 0 saturated heterocycles. The summed E-state index contributed by atoms with van der Waals surface area (Å²) in [6.45, 7) is 0.107. The van der Waals surface area contributed by atoms with Crippen molar-refractivity contribution in [3.05, 3.63) is 51.6 Å². The lowest BCUT2D eigenvalue weighted by Gasteiger charge is -2.05. The highest BCUT2D eigenvalue weighted by Crippen LogP contribution is 2.40. The van der Waals surface area contributed by atoms with Crippen molar-refractivity contribution in [1.29, 1.82) is 0 Å². The van der Waals surface area contributed by atoms with Gasteiger partial charge in [0.25, 0.3) is 5.91 Å². The lowest BCUT2D eigenvalue weighted by Crippen LogP contribution is -2.23. The van der Waals surface area contributed by atoms with Crippen LogP contribution in [0.5, 0.6) is 0 Å². The minimum Gasteiger partial charge on any atom is -0.360 e. The van der Waals surface area contributed by atoms with Crippen LogP contribution < -0.4 is 5.32 Å². The SMILES string of the molecule is O=C(NCc1cc(Br)ccc1F)c1cc(C2CC2)on1. The number of benzene rings is 1. The first kappa shape index (κ1) is 13.3. The van der Waals surface area contributed by atoms with E-state index >= 15 is 0 Å². The molecule has 1 aliphatic carbocycles. The van der Waals surface area contributed by atoms with Gasteiger partial charge in [0, 0.05) is 28.6 Å². The Bertz CT molecular complexity index is 652. The Kier molecular flexibility index (Phi) is 3.56. The number of nitrogens with one attached hydrogen (secondary N) is 1. The van der Waals surface area contributed by atoms with Gasteiger partial charge in [-0.2, -0.15) is 0 Å². The number of rotatable bonds is 4. The predicted molar refractivity (Wildman–Crippen MR) is 73.7 cm³/mol. The smallest absolute Gasteiger partial charge is 0.273 e. The molecule has 1 heterocycles. The molecule has 4 nitrogen and oxygen atoms in total. The predicted octanol–water partition coefficient (Wildman–Crippen LogP) is 3.38. The first-order valence-corrected chi connectivity index (χ1v) is 7.11. The number of halogens is 2. The van der Waals surface area contributed by atoms with Crippen molar-refractivity contribution >= 4 is 21.8 Å². The van der Waals surface area contributed by atoms with Gasteiger partial charge in [-0.1, -0.05) is 21.1 Å². The highest BCUT2D eigenvalue weighted by molar-refractivity contribution is 9.10. The maximum absolute atomic E-state index is 13.5. The van der Waals surface area contributed by atoms with Gasteiger partial charge >= 0.3 is 0 Å². The van der Waals surface area contributed by atoms with Gasteiger partial charge in [0.2, 0.25) is 0 Å². The van der Waals surface area contributed by atoms with E-state index in [-0.39, 0.29) is 24.0 Å². The summed E-state index contributed by atoms with van der Waals surface area (Å²) in [6.07, 6.45) is 2.17. The van der Waals surface area contributed by atoms with Crippen LogP contribution in [0.25, 0.3) is 0 Å². The monoisotopic (exact) mass is 338 g/mol. The number of carbonyl (C=O) groups excluding carboxylic acids is 1. The molecule has 1 saturated carbocycles. The zero-order valence-corrected chi connectivity index (χ0v) is 12.1. The first-order valence-electron chi connectivity index (χ1n) is 6.32. The molecular weight excluding hydrogens is 327 g/mol. The second-order valence-corrected chi connectivity index (χ2v) is 5.72. The average molecular weight is 339 g/mol. The van der Waals surface area contributed by atoms with Crippen molar-refractivity contribution in [1.82, 2.24) is 10.5 Å². The van der Waals surface area contributed by atoms with E-state index in [1.807, 2.05) is 0 Å². The Labute approximate surface area is 123 Å². The topological polar surface area (TPSA) is 55.1 Å². The molecule has 1 amide bonds. The average Bonchev–Trinajstić information content (AvgIpc) is 3.17. The van der Waals surface area contributed by atoms with Crippen molar-refractivity contribution in [2.75, 3.05) is 0 Å². The Morgan fingerprint density at radius 1 is 1.45 bits per heavy atom. The van der Waals surface area contributed by atoms with Gasteiger partial charge in [-0.3, -0.25) is 4.79 Å². The molecule has 0 unspecified atom stereocenters. The van der Waals surface area contributed by atoms with Crippen molar-refractivity contribution < 1.29 is 13.7 Å². The third kappa shape index (κ3) is 2.90. The highest BCUT2D eigenvalue weighted by atomic mass is 79.9. The minimum atomic E-state index is -0.361. The minimum absolute atomic E-state index is 0.107. The number of nitrogens with zero attached hydrogens (tertiary/aromatic N) is 1. The van der Waals surface area contributed by atoms with Gasteiger partial charge in [0.15, 0.2) is 5.69 Å². The van der Waals surface area contributed by atoms with Gasteiger partial charge in [0.05, 0.1) is 0 Å². The highest BCUT2D eigenvalue weighted by Gasteiger charge is 2.28. The van der Waals surface area contributed by atoms with Crippen molar-refractivity contribution in [2.24, 2.45) is 0 Å². The van der Waals surface area contributed by atoms with E-state index in [1.165, 1.54) is 6.07 Å². The van der Waals surface area contributed by atoms with Gasteiger partial charge < -0.3 is 9.84 Å². The summed E-state index contributed by atoms with van der Waals surface area (Å²) in [7, 11) is 0. The number of hydrogen-bond donors (Lipinski definition) is 1. The quantitative estimate of drug-likeness (QED) is 0.929. The number of amides is 1. The van der Waals surface area contributed by atoms with Crippen LogP contribution in [0.4, 0.5) is 4.39 Å². The maximum atomic E-state index is 13.5. The molecule has 1 aliphatic rings. The standard InChI is InChI=1S/C14H12BrFN2O2/c15-10-3-4-11(16)9(5-10)7-17-14(19)12-6-13(20-18-12)8-1-2-8/h3-6,8H,1-2,7H2,(H,17,19). The van der Waals surface area contributed by atoms with E-state index in [9.17, 15) is 9.18 Å². The Morgan fingerprint density at radius 2 is 2.25 bits per heavy atom. The summed E-state index contributed by atoms with van der Waals surface area (Å²) in [5.41, 5.74) is 0.654. The Morgan fingerprint density at radius 3 is 3.00 bits per heavy atom. The molecule has 3 rings (SSSR count). The Balaban J connectivity index is 1.64. The van der Waals surface area contributed by atoms with Gasteiger partial charge in [-0.25, -0.2) is 4.39 Å². The summed E-state index contributed by atoms with van der Waals surface area (Å²) in [6, 6.07) is 6.26. The Hall–Kier alpha value is -1.69. The molecule has 0 aliphatic heterocycles. The van der Waals surface area contributed by atoms with Crippen LogP contribution >= 0.6 is 15.9 Å². The zero-order chi connectivity index (χ0) is 14.1. The van der Waals surface area contributed by atoms with Gasteiger partial charge in [0.1, 0.15) is 11.6 Å². The van der Waals surface area contributed by atoms with Crippen LogP contribution in [0, 0.1) is 5.82 Å². The number of carbonyl (C=O) groups is 1. The lowest BCUT2D eigenvalue weighted by molar-refractivity contribution is 0.0941. The number of aromatic nitrogens is 1. The molecule has 2 aromatic rings. The fraction of sp³-hybridized carbons (Fsp3) is 0.286. The fourth-order valence-electron chi connectivity index (χ4n) is 1.90. The molecule has 1 N–H and O–H groups in total. The van der Waals surface area contributed by atoms with E-state index in [1.54, 1.807) is 18.2 Å². The van der Waals surface area contributed by atoms with Gasteiger partial charge in [-0.05, 0) is 31.0 Å². The molecule has 1 fully saturated rings. The second kappa shape index (κ2) is 5.36. The first-order chi connectivity index (χ1) is 9.63. The summed E-state index contributed by atoms with van der Waals surface area (Å²) in [5.74, 6) is 0.447. The van der Waals surface area contributed by atoms with Crippen molar-refractivity contribution in [2.45, 2.75) is 25.3 Å². The summed E-state index contributed by atoms with van der Waals surface area (Å²) in [5, 5.41) is 6.37. The second-order valence-electron chi connectivity index (χ2n) is 4.81. The van der Waals surface area contributed by atoms with Gasteiger partial charge in [-0.15, -0.1) is 0 Å². The summed E-state index contributed by atoms with van der Waals surface area (Å²) in [4.78, 5) is 11.9.